The van der Waals surface area contributed by atoms with Gasteiger partial charge in [0.2, 0.25) is 0 Å². The van der Waals surface area contributed by atoms with Crippen molar-refractivity contribution in [2.75, 3.05) is 27.9 Å². The van der Waals surface area contributed by atoms with E-state index in [-0.39, 0.29) is 29.3 Å². The van der Waals surface area contributed by atoms with E-state index >= 15 is 0 Å². The van der Waals surface area contributed by atoms with Gasteiger partial charge < -0.3 is 39.3 Å². The number of carbonyl (C=O) groups excluding carboxylic acids is 2. The second-order valence-corrected chi connectivity index (χ2v) is 17.6. The van der Waals surface area contributed by atoms with Crippen LogP contribution in [-0.4, -0.2) is 81.3 Å². The smallest absolute Gasteiger partial charge is 0.335 e. The molecule has 0 aromatic heterocycles. The topological polar surface area (TPSA) is 153 Å². The first kappa shape index (κ1) is 38.9. The summed E-state index contributed by atoms with van der Waals surface area (Å²) in [6.07, 6.45) is 4.70. The second-order valence-electron chi connectivity index (χ2n) is 17.6. The molecule has 5 rings (SSSR count). The first-order valence-electron chi connectivity index (χ1n) is 18.3. The number of fused-ring (bicyclic) bond motifs is 4. The molecule has 11 atom stereocenters. The number of nitrogens with two attached hydrogens (primary N) is 1. The van der Waals surface area contributed by atoms with E-state index in [1.54, 1.807) is 14.2 Å². The molecule has 282 valence electrons. The highest BCUT2D eigenvalue weighted by Crippen LogP contribution is 2.65. The standard InChI is InChI=1S/C39H61NO10/c1-22-12-13-27-35(2,3)15-11-16-37(27,6)26(22)21-48-30(32(44)45-8)25(18-28(41)42)31(43)49-23-19-36(4,5)39(40)17-14-24-29(38(39,7)20-23)34(47-10)50-33(24)46-9/h14,23,25-27,29-30,33-34H,1,11-13,15-21,40H2,2-10H3,(H,41,42)/t23-,25?,26?,27-,29?,30?,33?,34?,37?,38?,39+/m0/s1. The molecule has 1 aliphatic heterocycles. The normalized spacial score (nSPS) is 40.0. The molecule has 0 amide bonds. The molecule has 4 aliphatic carbocycles. The average molecular weight is 704 g/mol. The van der Waals surface area contributed by atoms with Gasteiger partial charge in [-0.2, -0.15) is 0 Å². The number of carbonyl (C=O) groups is 3. The number of ether oxygens (including phenoxy) is 6. The van der Waals surface area contributed by atoms with E-state index in [9.17, 15) is 19.5 Å². The summed E-state index contributed by atoms with van der Waals surface area (Å²) in [7, 11) is 4.39. The number of hydrogen-bond donors (Lipinski definition) is 2. The molecule has 8 unspecified atom stereocenters. The third-order valence-electron chi connectivity index (χ3n) is 14.1. The summed E-state index contributed by atoms with van der Waals surface area (Å²) in [5.41, 5.74) is 7.55. The third kappa shape index (κ3) is 6.37. The molecule has 3 saturated carbocycles. The molecule has 50 heavy (non-hydrogen) atoms. The fourth-order valence-electron chi connectivity index (χ4n) is 11.4. The predicted octanol–water partition coefficient (Wildman–Crippen LogP) is 5.79. The Labute approximate surface area is 297 Å². The zero-order chi connectivity index (χ0) is 37.0. The summed E-state index contributed by atoms with van der Waals surface area (Å²) in [4.78, 5) is 39.8. The van der Waals surface area contributed by atoms with Gasteiger partial charge in [0, 0.05) is 37.0 Å². The average Bonchev–Trinajstić information content (AvgIpc) is 3.41. The molecule has 11 heteroatoms. The number of methoxy groups -OCH3 is 3. The summed E-state index contributed by atoms with van der Waals surface area (Å²) in [5.74, 6) is -4.17. The van der Waals surface area contributed by atoms with E-state index in [0.29, 0.717) is 25.2 Å². The molecule has 3 N–H and O–H groups in total. The molecular weight excluding hydrogens is 642 g/mol. The summed E-state index contributed by atoms with van der Waals surface area (Å²) in [5, 5.41) is 9.98. The van der Waals surface area contributed by atoms with Crippen molar-refractivity contribution in [3.05, 3.63) is 23.8 Å². The summed E-state index contributed by atoms with van der Waals surface area (Å²) in [6.45, 7) is 17.7. The van der Waals surface area contributed by atoms with Crippen molar-refractivity contribution in [1.82, 2.24) is 0 Å². The van der Waals surface area contributed by atoms with E-state index in [4.69, 9.17) is 34.2 Å². The van der Waals surface area contributed by atoms with Crippen molar-refractivity contribution in [2.24, 2.45) is 51.1 Å². The van der Waals surface area contributed by atoms with Crippen LogP contribution < -0.4 is 5.73 Å². The number of carboxylic acid groups (broad SMARTS) is 1. The molecule has 0 bridgehead atoms. The Balaban J connectivity index is 1.41. The summed E-state index contributed by atoms with van der Waals surface area (Å²) in [6, 6.07) is 0. The highest BCUT2D eigenvalue weighted by Gasteiger charge is 2.67. The minimum absolute atomic E-state index is 0.0573. The number of hydrogen-bond acceptors (Lipinski definition) is 10. The van der Waals surface area contributed by atoms with Gasteiger partial charge in [-0.1, -0.05) is 66.2 Å². The van der Waals surface area contributed by atoms with Crippen LogP contribution in [0.5, 0.6) is 0 Å². The molecule has 1 heterocycles. The molecule has 0 aromatic rings. The van der Waals surface area contributed by atoms with Gasteiger partial charge in [-0.05, 0) is 72.7 Å². The van der Waals surface area contributed by atoms with Crippen LogP contribution in [0.4, 0.5) is 0 Å². The van der Waals surface area contributed by atoms with Crippen LogP contribution in [0.2, 0.25) is 0 Å². The van der Waals surface area contributed by atoms with Crippen molar-refractivity contribution < 1.29 is 47.9 Å². The Kier molecular flexibility index (Phi) is 10.8. The van der Waals surface area contributed by atoms with Gasteiger partial charge in [0.25, 0.3) is 0 Å². The predicted molar refractivity (Wildman–Crippen MR) is 185 cm³/mol. The van der Waals surface area contributed by atoms with Crippen molar-refractivity contribution in [2.45, 2.75) is 130 Å². The van der Waals surface area contributed by atoms with Crippen molar-refractivity contribution in [3.63, 3.8) is 0 Å². The van der Waals surface area contributed by atoms with E-state index in [1.807, 2.05) is 0 Å². The third-order valence-corrected chi connectivity index (χ3v) is 14.1. The number of carboxylic acids is 1. The highest BCUT2D eigenvalue weighted by molar-refractivity contribution is 5.87. The fraction of sp³-hybridized carbons (Fsp3) is 0.821. The van der Waals surface area contributed by atoms with E-state index in [0.717, 1.165) is 43.3 Å². The van der Waals surface area contributed by atoms with Gasteiger partial charge in [-0.25, -0.2) is 4.79 Å². The highest BCUT2D eigenvalue weighted by atomic mass is 16.8. The largest absolute Gasteiger partial charge is 0.481 e. The van der Waals surface area contributed by atoms with Gasteiger partial charge in [0.1, 0.15) is 12.0 Å². The van der Waals surface area contributed by atoms with Crippen LogP contribution in [0.15, 0.2) is 23.8 Å². The van der Waals surface area contributed by atoms with Crippen LogP contribution in [0, 0.1) is 45.3 Å². The number of rotatable bonds is 11. The monoisotopic (exact) mass is 703 g/mol. The Bertz CT molecular complexity index is 1370. The maximum Gasteiger partial charge on any atom is 0.335 e. The quantitative estimate of drug-likeness (QED) is 0.199. The minimum atomic E-state index is -1.47. The second kappa shape index (κ2) is 13.9. The summed E-state index contributed by atoms with van der Waals surface area (Å²) >= 11 is 0. The molecule has 0 aromatic carbocycles. The summed E-state index contributed by atoms with van der Waals surface area (Å²) < 4.78 is 35.3. The van der Waals surface area contributed by atoms with Crippen LogP contribution in [0.25, 0.3) is 0 Å². The Morgan fingerprint density at radius 1 is 1.04 bits per heavy atom. The van der Waals surface area contributed by atoms with Crippen LogP contribution in [-0.2, 0) is 42.8 Å². The molecule has 11 nitrogen and oxygen atoms in total. The maximum absolute atomic E-state index is 14.2. The van der Waals surface area contributed by atoms with E-state index in [2.05, 4.69) is 54.2 Å². The van der Waals surface area contributed by atoms with E-state index in [1.165, 1.54) is 7.11 Å². The van der Waals surface area contributed by atoms with Crippen LogP contribution >= 0.6 is 0 Å². The number of aliphatic carboxylic acids is 1. The zero-order valence-electron chi connectivity index (χ0n) is 31.7. The molecule has 0 spiro atoms. The first-order chi connectivity index (χ1) is 23.3. The zero-order valence-corrected chi connectivity index (χ0v) is 31.7. The fourth-order valence-corrected chi connectivity index (χ4v) is 11.4. The molecular formula is C39H61NO10. The Morgan fingerprint density at radius 3 is 2.36 bits per heavy atom. The van der Waals surface area contributed by atoms with Gasteiger partial charge in [-0.3, -0.25) is 9.59 Å². The van der Waals surface area contributed by atoms with Crippen LogP contribution in [0.3, 0.4) is 0 Å². The van der Waals surface area contributed by atoms with E-state index < -0.39 is 71.4 Å². The molecule has 0 radical (unpaired) electrons. The Morgan fingerprint density at radius 2 is 1.74 bits per heavy atom. The molecule has 4 fully saturated rings. The van der Waals surface area contributed by atoms with Gasteiger partial charge in [-0.15, -0.1) is 0 Å². The van der Waals surface area contributed by atoms with Crippen molar-refractivity contribution in [3.8, 4) is 0 Å². The maximum atomic E-state index is 14.2. The lowest BCUT2D eigenvalue weighted by Crippen LogP contribution is -2.71. The van der Waals surface area contributed by atoms with Crippen LogP contribution in [0.1, 0.15) is 99.3 Å². The van der Waals surface area contributed by atoms with Gasteiger partial charge >= 0.3 is 17.9 Å². The van der Waals surface area contributed by atoms with Gasteiger partial charge in [0.05, 0.1) is 20.1 Å². The molecule has 1 saturated heterocycles. The minimum Gasteiger partial charge on any atom is -0.481 e. The lowest BCUT2D eigenvalue weighted by atomic mass is 9.44. The Hall–Kier alpha value is -2.31. The van der Waals surface area contributed by atoms with Crippen molar-refractivity contribution in [1.29, 1.82) is 0 Å². The lowest BCUT2D eigenvalue weighted by molar-refractivity contribution is -0.216. The first-order valence-corrected chi connectivity index (χ1v) is 18.3. The lowest BCUT2D eigenvalue weighted by Gasteiger charge is -2.64. The van der Waals surface area contributed by atoms with Crippen molar-refractivity contribution >= 4 is 17.9 Å². The van der Waals surface area contributed by atoms with Gasteiger partial charge in [0.15, 0.2) is 18.7 Å². The number of esters is 2. The SMILES string of the molecule is C=C1CC[C@H]2C(C)(C)CCCC2(C)C1COC(C(=O)OC)C(CC(=O)O)C(=O)O[C@H]1CC(C)(C)[C@]2(N)CC=C3C(OC)OC(OC)C3C2(C)C1. The molecule has 5 aliphatic rings.